The van der Waals surface area contributed by atoms with Gasteiger partial charge in [-0.15, -0.1) is 21.5 Å². The van der Waals surface area contributed by atoms with Crippen LogP contribution in [0.1, 0.15) is 19.4 Å². The number of hydrogen-bond acceptors (Lipinski definition) is 9. The molecule has 0 aliphatic rings. The first-order valence-corrected chi connectivity index (χ1v) is 12.8. The predicted molar refractivity (Wildman–Crippen MR) is 130 cm³/mol. The molecule has 0 fully saturated rings. The molecular formula is C20H25N7O2S3. The molecule has 0 atom stereocenters. The number of carbonyl (C=O) groups excluding carboxylic acids is 2. The SMILES string of the molecule is CCN(CC)C(=O)CSc1nnc(SCC(=O)Nc2nc(-c3ccc(C)cc3)cs2)n1N. The first kappa shape index (κ1) is 24.1. The van der Waals surface area contributed by atoms with Gasteiger partial charge < -0.3 is 16.1 Å². The molecule has 0 aliphatic heterocycles. The number of carbonyl (C=O) groups is 2. The molecule has 170 valence electrons. The van der Waals surface area contributed by atoms with E-state index in [4.69, 9.17) is 5.84 Å². The van der Waals surface area contributed by atoms with Gasteiger partial charge in [0.1, 0.15) is 0 Å². The lowest BCUT2D eigenvalue weighted by molar-refractivity contribution is -0.128. The zero-order valence-electron chi connectivity index (χ0n) is 18.1. The Bertz CT molecular complexity index is 1060. The van der Waals surface area contributed by atoms with Crippen molar-refractivity contribution in [2.24, 2.45) is 0 Å². The van der Waals surface area contributed by atoms with Crippen LogP contribution in [0.25, 0.3) is 11.3 Å². The highest BCUT2D eigenvalue weighted by atomic mass is 32.2. The molecule has 3 N–H and O–H groups in total. The van der Waals surface area contributed by atoms with Crippen LogP contribution in [0.15, 0.2) is 40.0 Å². The van der Waals surface area contributed by atoms with E-state index in [0.29, 0.717) is 28.5 Å². The second kappa shape index (κ2) is 11.3. The van der Waals surface area contributed by atoms with E-state index in [1.807, 2.05) is 50.4 Å². The highest BCUT2D eigenvalue weighted by Gasteiger charge is 2.16. The van der Waals surface area contributed by atoms with Crippen LogP contribution in [0.4, 0.5) is 5.13 Å². The summed E-state index contributed by atoms with van der Waals surface area (Å²) < 4.78 is 1.30. The second-order valence-electron chi connectivity index (χ2n) is 6.73. The molecular weight excluding hydrogens is 466 g/mol. The Labute approximate surface area is 199 Å². The maximum atomic E-state index is 12.3. The van der Waals surface area contributed by atoms with Crippen molar-refractivity contribution in [1.82, 2.24) is 24.8 Å². The largest absolute Gasteiger partial charge is 0.343 e. The van der Waals surface area contributed by atoms with Gasteiger partial charge in [-0.25, -0.2) is 9.66 Å². The summed E-state index contributed by atoms with van der Waals surface area (Å²) in [6.45, 7) is 7.22. The van der Waals surface area contributed by atoms with Gasteiger partial charge in [0.2, 0.25) is 22.1 Å². The third-order valence-corrected chi connectivity index (χ3v) is 7.13. The molecule has 0 spiro atoms. The van der Waals surface area contributed by atoms with Crippen molar-refractivity contribution in [2.75, 3.05) is 35.8 Å². The highest BCUT2D eigenvalue weighted by molar-refractivity contribution is 8.00. The van der Waals surface area contributed by atoms with E-state index in [9.17, 15) is 9.59 Å². The number of rotatable bonds is 10. The van der Waals surface area contributed by atoms with Crippen molar-refractivity contribution in [3.05, 3.63) is 35.2 Å². The Hall–Kier alpha value is -2.57. The first-order valence-electron chi connectivity index (χ1n) is 9.97. The number of nitrogens with one attached hydrogen (secondary N) is 1. The van der Waals surface area contributed by atoms with Crippen LogP contribution in [0.5, 0.6) is 0 Å². The summed E-state index contributed by atoms with van der Waals surface area (Å²) in [5.74, 6) is 6.18. The Kier molecular flexibility index (Phi) is 8.53. The Balaban J connectivity index is 1.50. The Morgan fingerprint density at radius 2 is 1.72 bits per heavy atom. The molecule has 0 aliphatic carbocycles. The monoisotopic (exact) mass is 491 g/mol. The summed E-state index contributed by atoms with van der Waals surface area (Å²) in [4.78, 5) is 30.7. The molecule has 12 heteroatoms. The van der Waals surface area contributed by atoms with Crippen molar-refractivity contribution in [1.29, 1.82) is 0 Å². The molecule has 2 heterocycles. The zero-order chi connectivity index (χ0) is 23.1. The second-order valence-corrected chi connectivity index (χ2v) is 9.47. The number of thioether (sulfide) groups is 2. The van der Waals surface area contributed by atoms with E-state index < -0.39 is 0 Å². The summed E-state index contributed by atoms with van der Waals surface area (Å²) in [6, 6.07) is 8.06. The van der Waals surface area contributed by atoms with Crippen LogP contribution < -0.4 is 11.2 Å². The van der Waals surface area contributed by atoms with Crippen molar-refractivity contribution >= 4 is 51.8 Å². The topological polar surface area (TPSA) is 119 Å². The van der Waals surface area contributed by atoms with Crippen LogP contribution in [0.2, 0.25) is 0 Å². The highest BCUT2D eigenvalue weighted by Crippen LogP contribution is 2.26. The minimum Gasteiger partial charge on any atom is -0.343 e. The summed E-state index contributed by atoms with van der Waals surface area (Å²) in [6.07, 6.45) is 0. The molecule has 0 unspecified atom stereocenters. The zero-order valence-corrected chi connectivity index (χ0v) is 20.5. The number of aromatic nitrogens is 4. The lowest BCUT2D eigenvalue weighted by Gasteiger charge is -2.17. The van der Waals surface area contributed by atoms with Crippen molar-refractivity contribution in [3.63, 3.8) is 0 Å². The van der Waals surface area contributed by atoms with Gasteiger partial charge in [-0.1, -0.05) is 53.4 Å². The van der Waals surface area contributed by atoms with Gasteiger partial charge in [-0.3, -0.25) is 9.59 Å². The first-order chi connectivity index (χ1) is 15.4. The third-order valence-electron chi connectivity index (χ3n) is 4.50. The lowest BCUT2D eigenvalue weighted by Crippen LogP contribution is -2.32. The maximum Gasteiger partial charge on any atom is 0.236 e. The molecule has 3 rings (SSSR count). The summed E-state index contributed by atoms with van der Waals surface area (Å²) >= 11 is 3.77. The Morgan fingerprint density at radius 1 is 1.09 bits per heavy atom. The van der Waals surface area contributed by atoms with E-state index in [1.54, 1.807) is 4.90 Å². The smallest absolute Gasteiger partial charge is 0.236 e. The van der Waals surface area contributed by atoms with Crippen LogP contribution in [0, 0.1) is 6.92 Å². The summed E-state index contributed by atoms with van der Waals surface area (Å²) in [5, 5.41) is 14.1. The number of nitrogens with two attached hydrogens (primary N) is 1. The molecule has 0 bridgehead atoms. The van der Waals surface area contributed by atoms with Gasteiger partial charge in [-0.2, -0.15) is 0 Å². The molecule has 0 saturated carbocycles. The summed E-state index contributed by atoms with van der Waals surface area (Å²) in [5.41, 5.74) is 3.00. The fourth-order valence-corrected chi connectivity index (χ4v) is 4.94. The lowest BCUT2D eigenvalue weighted by atomic mass is 10.1. The molecule has 2 amide bonds. The average molecular weight is 492 g/mol. The van der Waals surface area contributed by atoms with Gasteiger partial charge in [0.25, 0.3) is 0 Å². The molecule has 0 saturated heterocycles. The number of nitrogen functional groups attached to an aromatic ring is 1. The van der Waals surface area contributed by atoms with Gasteiger partial charge in [0.15, 0.2) is 5.13 Å². The van der Waals surface area contributed by atoms with Crippen LogP contribution >= 0.6 is 34.9 Å². The minimum atomic E-state index is -0.214. The van der Waals surface area contributed by atoms with Crippen molar-refractivity contribution in [2.45, 2.75) is 31.1 Å². The van der Waals surface area contributed by atoms with Crippen LogP contribution in [-0.4, -0.2) is 61.2 Å². The number of anilines is 1. The van der Waals surface area contributed by atoms with Crippen LogP contribution in [-0.2, 0) is 9.59 Å². The number of hydrogen-bond donors (Lipinski definition) is 2. The molecule has 0 radical (unpaired) electrons. The molecule has 2 aromatic heterocycles. The van der Waals surface area contributed by atoms with Gasteiger partial charge in [0.05, 0.1) is 17.2 Å². The number of thiazole rings is 1. The fraction of sp³-hybridized carbons (Fsp3) is 0.350. The maximum absolute atomic E-state index is 12.3. The molecule has 1 aromatic carbocycles. The third kappa shape index (κ3) is 6.24. The standard InChI is InChI=1S/C20H25N7O2S3/c1-4-26(5-2)17(29)12-32-20-25-24-19(27(20)21)31-11-16(28)23-18-22-15(10-30-18)14-8-6-13(3)7-9-14/h6-10H,4-5,11-12,21H2,1-3H3,(H,22,23,28). The van der Waals surface area contributed by atoms with Crippen molar-refractivity contribution in [3.8, 4) is 11.3 Å². The predicted octanol–water partition coefficient (Wildman–Crippen LogP) is 3.12. The van der Waals surface area contributed by atoms with Gasteiger partial charge in [0, 0.05) is 24.0 Å². The van der Waals surface area contributed by atoms with E-state index in [2.05, 4.69) is 20.5 Å². The van der Waals surface area contributed by atoms with E-state index in [0.717, 1.165) is 11.3 Å². The fourth-order valence-electron chi connectivity index (χ4n) is 2.73. The van der Waals surface area contributed by atoms with Crippen LogP contribution in [0.3, 0.4) is 0 Å². The quantitative estimate of drug-likeness (QED) is 0.328. The van der Waals surface area contributed by atoms with E-state index in [-0.39, 0.29) is 23.3 Å². The number of benzene rings is 1. The molecule has 9 nitrogen and oxygen atoms in total. The number of amides is 2. The average Bonchev–Trinajstić information content (AvgIpc) is 3.38. The molecule has 3 aromatic rings. The van der Waals surface area contributed by atoms with Gasteiger partial charge >= 0.3 is 0 Å². The normalized spacial score (nSPS) is 10.8. The van der Waals surface area contributed by atoms with E-state index >= 15 is 0 Å². The molecule has 32 heavy (non-hydrogen) atoms. The number of aryl methyl sites for hydroxylation is 1. The van der Waals surface area contributed by atoms with Crippen molar-refractivity contribution < 1.29 is 9.59 Å². The van der Waals surface area contributed by atoms with E-state index in [1.165, 1.54) is 45.1 Å². The summed E-state index contributed by atoms with van der Waals surface area (Å²) in [7, 11) is 0. The van der Waals surface area contributed by atoms with Gasteiger partial charge in [-0.05, 0) is 20.8 Å². The minimum absolute atomic E-state index is 0.0186. The Morgan fingerprint density at radius 3 is 2.34 bits per heavy atom. The number of nitrogens with zero attached hydrogens (tertiary/aromatic N) is 5.